The van der Waals surface area contributed by atoms with Gasteiger partial charge in [0.05, 0.1) is 15.6 Å². The van der Waals surface area contributed by atoms with E-state index >= 15 is 0 Å². The summed E-state index contributed by atoms with van der Waals surface area (Å²) in [6, 6.07) is 7.97. The Balaban J connectivity index is 2.22. The van der Waals surface area contributed by atoms with Crippen LogP contribution in [0, 0.1) is 5.92 Å². The number of benzene rings is 1. The molecule has 0 saturated carbocycles. The molecule has 2 aromatic rings. The number of hydrogen-bond acceptors (Lipinski definition) is 4. The molecule has 27 heavy (non-hydrogen) atoms. The van der Waals surface area contributed by atoms with E-state index in [1.54, 1.807) is 24.4 Å². The Morgan fingerprint density at radius 2 is 1.93 bits per heavy atom. The Morgan fingerprint density at radius 1 is 1.22 bits per heavy atom. The summed E-state index contributed by atoms with van der Waals surface area (Å²) in [5, 5.41) is 7.49. The van der Waals surface area contributed by atoms with Gasteiger partial charge in [0, 0.05) is 5.56 Å². The highest BCUT2D eigenvalue weighted by molar-refractivity contribution is 7.12. The number of carbonyl (C=O) groups excluding carboxylic acids is 3. The largest absolute Gasteiger partial charge is 0.368 e. The van der Waals surface area contributed by atoms with Crippen molar-refractivity contribution in [2.75, 3.05) is 5.32 Å². The molecule has 3 amide bonds. The van der Waals surface area contributed by atoms with Crippen LogP contribution in [0.5, 0.6) is 0 Å². The molecule has 0 aliphatic carbocycles. The fraction of sp³-hybridized carbons (Fsp3) is 0.316. The summed E-state index contributed by atoms with van der Waals surface area (Å²) in [6.07, 6.45) is 0.406. The van der Waals surface area contributed by atoms with Crippen LogP contribution in [0.3, 0.4) is 0 Å². The maximum absolute atomic E-state index is 12.7. The molecule has 0 radical (unpaired) electrons. The van der Waals surface area contributed by atoms with Crippen molar-refractivity contribution in [1.29, 1.82) is 0 Å². The predicted octanol–water partition coefficient (Wildman–Crippen LogP) is 3.67. The first-order chi connectivity index (χ1) is 12.6. The predicted molar refractivity (Wildman–Crippen MR) is 108 cm³/mol. The quantitative estimate of drug-likeness (QED) is 0.652. The first-order valence-electron chi connectivity index (χ1n) is 8.39. The average molecular weight is 408 g/mol. The van der Waals surface area contributed by atoms with Gasteiger partial charge in [-0.3, -0.25) is 14.4 Å². The Hall–Kier alpha value is -2.38. The van der Waals surface area contributed by atoms with E-state index < -0.39 is 17.4 Å². The molecule has 0 spiro atoms. The number of anilines is 1. The molecule has 1 aromatic carbocycles. The lowest BCUT2D eigenvalue weighted by Gasteiger charge is -2.29. The molecule has 0 aliphatic heterocycles. The summed E-state index contributed by atoms with van der Waals surface area (Å²) in [5.74, 6) is -1.23. The highest BCUT2D eigenvalue weighted by Gasteiger charge is 2.34. The van der Waals surface area contributed by atoms with Crippen LogP contribution in [-0.2, 0) is 4.79 Å². The van der Waals surface area contributed by atoms with E-state index in [1.807, 2.05) is 13.8 Å². The van der Waals surface area contributed by atoms with E-state index in [0.29, 0.717) is 22.0 Å². The van der Waals surface area contributed by atoms with Crippen LogP contribution in [0.15, 0.2) is 35.7 Å². The Morgan fingerprint density at radius 3 is 2.48 bits per heavy atom. The Bertz CT molecular complexity index is 852. The second-order valence-corrected chi connectivity index (χ2v) is 8.23. The summed E-state index contributed by atoms with van der Waals surface area (Å²) >= 11 is 7.44. The van der Waals surface area contributed by atoms with Gasteiger partial charge in [-0.2, -0.15) is 0 Å². The van der Waals surface area contributed by atoms with Gasteiger partial charge in [0.2, 0.25) is 5.91 Å². The monoisotopic (exact) mass is 407 g/mol. The van der Waals surface area contributed by atoms with Gasteiger partial charge in [0.25, 0.3) is 11.8 Å². The highest BCUT2D eigenvalue weighted by atomic mass is 35.5. The lowest BCUT2D eigenvalue weighted by atomic mass is 9.89. The molecular formula is C19H22ClN3O3S. The van der Waals surface area contributed by atoms with Crippen LogP contribution in [-0.4, -0.2) is 23.3 Å². The van der Waals surface area contributed by atoms with Gasteiger partial charge in [-0.05, 0) is 48.9 Å². The first-order valence-corrected chi connectivity index (χ1v) is 9.65. The summed E-state index contributed by atoms with van der Waals surface area (Å²) < 4.78 is 0. The highest BCUT2D eigenvalue weighted by Crippen LogP contribution is 2.25. The number of nitrogens with two attached hydrogens (primary N) is 1. The number of primary amides is 1. The smallest absolute Gasteiger partial charge is 0.265 e. The van der Waals surface area contributed by atoms with E-state index in [2.05, 4.69) is 10.6 Å². The van der Waals surface area contributed by atoms with Crippen LogP contribution in [0.4, 0.5) is 5.69 Å². The number of amides is 3. The number of halogens is 1. The molecule has 4 N–H and O–H groups in total. The van der Waals surface area contributed by atoms with Gasteiger partial charge in [0.15, 0.2) is 0 Å². The summed E-state index contributed by atoms with van der Waals surface area (Å²) in [6.45, 7) is 5.48. The molecular weight excluding hydrogens is 386 g/mol. The third-order valence-electron chi connectivity index (χ3n) is 3.97. The molecule has 6 nitrogen and oxygen atoms in total. The zero-order valence-electron chi connectivity index (χ0n) is 15.3. The van der Waals surface area contributed by atoms with Gasteiger partial charge in [-0.25, -0.2) is 0 Å². The first kappa shape index (κ1) is 20.9. The topological polar surface area (TPSA) is 101 Å². The van der Waals surface area contributed by atoms with Gasteiger partial charge in [-0.1, -0.05) is 31.5 Å². The van der Waals surface area contributed by atoms with E-state index in [0.717, 1.165) is 0 Å². The summed E-state index contributed by atoms with van der Waals surface area (Å²) in [5.41, 5.74) is 4.89. The van der Waals surface area contributed by atoms with Gasteiger partial charge < -0.3 is 16.4 Å². The molecule has 1 aromatic heterocycles. The lowest BCUT2D eigenvalue weighted by Crippen LogP contribution is -2.56. The van der Waals surface area contributed by atoms with Crippen molar-refractivity contribution in [3.05, 3.63) is 51.2 Å². The average Bonchev–Trinajstić information content (AvgIpc) is 3.10. The molecule has 144 valence electrons. The lowest BCUT2D eigenvalue weighted by molar-refractivity contribution is -0.124. The maximum Gasteiger partial charge on any atom is 0.265 e. The van der Waals surface area contributed by atoms with E-state index in [1.165, 1.54) is 29.5 Å². The second-order valence-electron chi connectivity index (χ2n) is 6.87. The fourth-order valence-corrected chi connectivity index (χ4v) is 3.49. The van der Waals surface area contributed by atoms with E-state index in [-0.39, 0.29) is 17.4 Å². The number of hydrogen-bond donors (Lipinski definition) is 3. The van der Waals surface area contributed by atoms with Crippen molar-refractivity contribution >= 4 is 46.3 Å². The number of rotatable bonds is 7. The van der Waals surface area contributed by atoms with Crippen LogP contribution in [0.2, 0.25) is 5.02 Å². The van der Waals surface area contributed by atoms with Crippen molar-refractivity contribution in [2.24, 2.45) is 11.7 Å². The standard InChI is InChI=1S/C19H22ClN3O3S/c1-11(2)10-19(3,18(21)26)23-16(24)12-6-7-13(20)14(9-12)22-17(25)15-5-4-8-27-15/h4-9,11H,10H2,1-3H3,(H2,21,26)(H,22,25)(H,23,24). The van der Waals surface area contributed by atoms with Crippen molar-refractivity contribution in [1.82, 2.24) is 5.32 Å². The van der Waals surface area contributed by atoms with Gasteiger partial charge in [-0.15, -0.1) is 11.3 Å². The normalized spacial score (nSPS) is 13.1. The third kappa shape index (κ3) is 5.30. The summed E-state index contributed by atoms with van der Waals surface area (Å²) in [4.78, 5) is 37.3. The molecule has 1 unspecified atom stereocenters. The molecule has 2 rings (SSSR count). The SMILES string of the molecule is CC(C)CC(C)(NC(=O)c1ccc(Cl)c(NC(=O)c2cccs2)c1)C(N)=O. The Labute approximate surface area is 167 Å². The van der Waals surface area contributed by atoms with Crippen LogP contribution in [0.1, 0.15) is 47.2 Å². The molecule has 1 atom stereocenters. The maximum atomic E-state index is 12.7. The van der Waals surface area contributed by atoms with E-state index in [4.69, 9.17) is 17.3 Å². The van der Waals surface area contributed by atoms with Gasteiger partial charge in [0.1, 0.15) is 5.54 Å². The molecule has 0 fully saturated rings. The minimum atomic E-state index is -1.18. The minimum Gasteiger partial charge on any atom is -0.368 e. The second kappa shape index (κ2) is 8.54. The van der Waals surface area contributed by atoms with Crippen LogP contribution < -0.4 is 16.4 Å². The number of nitrogens with one attached hydrogen (secondary N) is 2. The molecule has 1 heterocycles. The van der Waals surface area contributed by atoms with Crippen molar-refractivity contribution in [2.45, 2.75) is 32.7 Å². The number of thiophene rings is 1. The van der Waals surface area contributed by atoms with Crippen molar-refractivity contribution in [3.63, 3.8) is 0 Å². The van der Waals surface area contributed by atoms with Crippen LogP contribution >= 0.6 is 22.9 Å². The van der Waals surface area contributed by atoms with Crippen molar-refractivity contribution in [3.8, 4) is 0 Å². The summed E-state index contributed by atoms with van der Waals surface area (Å²) in [7, 11) is 0. The third-order valence-corrected chi connectivity index (χ3v) is 5.17. The Kier molecular flexibility index (Phi) is 6.62. The molecule has 8 heteroatoms. The number of carbonyl (C=O) groups is 3. The minimum absolute atomic E-state index is 0.161. The van der Waals surface area contributed by atoms with Crippen molar-refractivity contribution < 1.29 is 14.4 Å². The molecule has 0 saturated heterocycles. The van der Waals surface area contributed by atoms with Crippen LogP contribution in [0.25, 0.3) is 0 Å². The molecule has 0 aliphatic rings. The zero-order chi connectivity index (χ0) is 20.2. The zero-order valence-corrected chi connectivity index (χ0v) is 16.9. The fourth-order valence-electron chi connectivity index (χ4n) is 2.71. The van der Waals surface area contributed by atoms with Gasteiger partial charge >= 0.3 is 0 Å². The van der Waals surface area contributed by atoms with E-state index in [9.17, 15) is 14.4 Å². The molecule has 0 bridgehead atoms.